The zero-order valence-electron chi connectivity index (χ0n) is 14.7. The van der Waals surface area contributed by atoms with Crippen molar-refractivity contribution >= 4 is 22.4 Å². The quantitative estimate of drug-likeness (QED) is 0.560. The molecule has 130 valence electrons. The average molecular weight is 344 g/mol. The highest BCUT2D eigenvalue weighted by molar-refractivity contribution is 5.81. The monoisotopic (exact) mass is 344 g/mol. The van der Waals surface area contributed by atoms with Gasteiger partial charge in [0.05, 0.1) is 11.2 Å². The number of para-hydroxylation sites is 1. The number of aromatic nitrogens is 4. The lowest BCUT2D eigenvalue weighted by molar-refractivity contribution is 0.312. The van der Waals surface area contributed by atoms with Crippen molar-refractivity contribution in [3.05, 3.63) is 54.9 Å². The molecule has 0 amide bonds. The molecule has 6 heteroatoms. The number of hydrogen-bond donors (Lipinski definition) is 0. The van der Waals surface area contributed by atoms with Crippen LogP contribution in [-0.4, -0.2) is 57.7 Å². The zero-order valence-corrected chi connectivity index (χ0v) is 14.7. The number of pyridine rings is 1. The number of likely N-dealkylation sites (N-methyl/N-ethyl adjacent to an activating group) is 1. The van der Waals surface area contributed by atoms with Gasteiger partial charge in [-0.25, -0.2) is 14.5 Å². The lowest BCUT2D eigenvalue weighted by Crippen LogP contribution is -2.44. The molecule has 0 saturated carbocycles. The summed E-state index contributed by atoms with van der Waals surface area (Å²) in [7, 11) is 2.16. The second-order valence-corrected chi connectivity index (χ2v) is 6.81. The predicted molar refractivity (Wildman–Crippen MR) is 103 cm³/mol. The summed E-state index contributed by atoms with van der Waals surface area (Å²) in [5.74, 6) is 1.04. The highest BCUT2D eigenvalue weighted by atomic mass is 15.3. The first-order valence-corrected chi connectivity index (χ1v) is 8.91. The molecule has 0 unspecified atom stereocenters. The van der Waals surface area contributed by atoms with E-state index in [0.717, 1.165) is 59.8 Å². The third kappa shape index (κ3) is 2.59. The van der Waals surface area contributed by atoms with E-state index in [1.54, 1.807) is 0 Å². The van der Waals surface area contributed by atoms with E-state index in [2.05, 4.69) is 51.1 Å². The van der Waals surface area contributed by atoms with Crippen LogP contribution in [0.1, 0.15) is 0 Å². The van der Waals surface area contributed by atoms with Gasteiger partial charge in [0.25, 0.3) is 0 Å². The van der Waals surface area contributed by atoms with E-state index in [0.29, 0.717) is 0 Å². The molecule has 26 heavy (non-hydrogen) atoms. The maximum Gasteiger partial charge on any atom is 0.156 e. The minimum absolute atomic E-state index is 0.849. The summed E-state index contributed by atoms with van der Waals surface area (Å²) in [6.45, 7) is 4.20. The molecule has 0 spiro atoms. The van der Waals surface area contributed by atoms with Gasteiger partial charge in [0.15, 0.2) is 5.65 Å². The highest BCUT2D eigenvalue weighted by Crippen LogP contribution is 2.23. The van der Waals surface area contributed by atoms with Gasteiger partial charge in [-0.15, -0.1) is 0 Å². The molecular formula is C20H20N6. The maximum absolute atomic E-state index is 4.76. The Hall–Kier alpha value is -2.99. The molecule has 3 aromatic heterocycles. The normalized spacial score (nSPS) is 15.8. The average Bonchev–Trinajstić information content (AvgIpc) is 3.14. The smallest absolute Gasteiger partial charge is 0.156 e. The Balaban J connectivity index is 1.49. The number of rotatable bonds is 2. The first-order chi connectivity index (χ1) is 12.8. The lowest BCUT2D eigenvalue weighted by atomic mass is 10.2. The van der Waals surface area contributed by atoms with Gasteiger partial charge in [0, 0.05) is 55.6 Å². The number of piperazine rings is 1. The Morgan fingerprint density at radius 3 is 2.54 bits per heavy atom. The van der Waals surface area contributed by atoms with E-state index in [1.807, 2.05) is 35.1 Å². The largest absolute Gasteiger partial charge is 0.354 e. The first-order valence-electron chi connectivity index (χ1n) is 8.91. The summed E-state index contributed by atoms with van der Waals surface area (Å²) < 4.78 is 1.90. The number of hydrogen-bond acceptors (Lipinski definition) is 5. The van der Waals surface area contributed by atoms with Crippen LogP contribution in [0.15, 0.2) is 54.9 Å². The van der Waals surface area contributed by atoms with Crippen LogP contribution in [0.3, 0.4) is 0 Å². The van der Waals surface area contributed by atoms with Crippen molar-refractivity contribution in [2.45, 2.75) is 0 Å². The molecule has 5 rings (SSSR count). The van der Waals surface area contributed by atoms with Gasteiger partial charge in [-0.05, 0) is 25.2 Å². The van der Waals surface area contributed by atoms with Gasteiger partial charge < -0.3 is 9.80 Å². The van der Waals surface area contributed by atoms with E-state index in [9.17, 15) is 0 Å². The molecule has 0 N–H and O–H groups in total. The summed E-state index contributed by atoms with van der Waals surface area (Å²) in [5.41, 5.74) is 3.82. The standard InChI is InChI=1S/C20H20N6/c1-24-8-10-25(11-9-24)19-7-6-15(13-21-19)17-12-20-22-14-16-4-2-3-5-18(16)26(20)23-17/h2-7,12-14H,8-11H2,1H3. The molecule has 1 aliphatic rings. The molecule has 4 heterocycles. The number of nitrogens with zero attached hydrogens (tertiary/aromatic N) is 6. The van der Waals surface area contributed by atoms with Gasteiger partial charge in [-0.1, -0.05) is 18.2 Å². The van der Waals surface area contributed by atoms with Gasteiger partial charge in [0.1, 0.15) is 5.82 Å². The minimum atomic E-state index is 0.849. The predicted octanol–water partition coefficient (Wildman–Crippen LogP) is 2.70. The molecule has 1 fully saturated rings. The summed E-state index contributed by atoms with van der Waals surface area (Å²) in [4.78, 5) is 13.9. The van der Waals surface area contributed by atoms with Crippen molar-refractivity contribution in [2.75, 3.05) is 38.1 Å². The van der Waals surface area contributed by atoms with Crippen molar-refractivity contribution in [2.24, 2.45) is 0 Å². The van der Waals surface area contributed by atoms with Crippen LogP contribution in [-0.2, 0) is 0 Å². The van der Waals surface area contributed by atoms with E-state index in [4.69, 9.17) is 5.10 Å². The van der Waals surface area contributed by atoms with Crippen LogP contribution in [0.5, 0.6) is 0 Å². The lowest BCUT2D eigenvalue weighted by Gasteiger charge is -2.33. The van der Waals surface area contributed by atoms with Crippen LogP contribution in [0.25, 0.3) is 27.8 Å². The van der Waals surface area contributed by atoms with Crippen LogP contribution >= 0.6 is 0 Å². The van der Waals surface area contributed by atoms with Crippen molar-refractivity contribution in [1.82, 2.24) is 24.5 Å². The minimum Gasteiger partial charge on any atom is -0.354 e. The zero-order chi connectivity index (χ0) is 17.5. The van der Waals surface area contributed by atoms with E-state index < -0.39 is 0 Å². The van der Waals surface area contributed by atoms with Crippen molar-refractivity contribution in [1.29, 1.82) is 0 Å². The van der Waals surface area contributed by atoms with Gasteiger partial charge in [0.2, 0.25) is 0 Å². The molecule has 4 aromatic rings. The van der Waals surface area contributed by atoms with Gasteiger partial charge in [-0.3, -0.25) is 0 Å². The SMILES string of the molecule is CN1CCN(c2ccc(-c3cc4ncc5ccccc5n4n3)cn2)CC1. The fourth-order valence-corrected chi connectivity index (χ4v) is 3.47. The Morgan fingerprint density at radius 2 is 1.73 bits per heavy atom. The maximum atomic E-state index is 4.76. The number of benzene rings is 1. The topological polar surface area (TPSA) is 49.6 Å². The fraction of sp³-hybridized carbons (Fsp3) is 0.250. The third-order valence-electron chi connectivity index (χ3n) is 5.06. The molecule has 1 saturated heterocycles. The molecule has 6 nitrogen and oxygen atoms in total. The summed E-state index contributed by atoms with van der Waals surface area (Å²) in [6.07, 6.45) is 3.81. The van der Waals surface area contributed by atoms with E-state index in [-0.39, 0.29) is 0 Å². The summed E-state index contributed by atoms with van der Waals surface area (Å²) in [5, 5.41) is 5.84. The molecule has 1 aromatic carbocycles. The first kappa shape index (κ1) is 15.3. The number of anilines is 1. The van der Waals surface area contributed by atoms with Crippen molar-refractivity contribution in [3.8, 4) is 11.3 Å². The molecule has 0 aliphatic carbocycles. The van der Waals surface area contributed by atoms with Crippen molar-refractivity contribution < 1.29 is 0 Å². The van der Waals surface area contributed by atoms with E-state index >= 15 is 0 Å². The molecular weight excluding hydrogens is 324 g/mol. The number of fused-ring (bicyclic) bond motifs is 3. The van der Waals surface area contributed by atoms with E-state index in [1.165, 1.54) is 0 Å². The Kier molecular flexibility index (Phi) is 3.57. The van der Waals surface area contributed by atoms with Gasteiger partial charge in [-0.2, -0.15) is 5.10 Å². The second kappa shape index (κ2) is 6.07. The second-order valence-electron chi connectivity index (χ2n) is 6.81. The Labute approximate surface area is 151 Å². The summed E-state index contributed by atoms with van der Waals surface area (Å²) in [6, 6.07) is 14.4. The Morgan fingerprint density at radius 1 is 0.885 bits per heavy atom. The highest BCUT2D eigenvalue weighted by Gasteiger charge is 2.15. The van der Waals surface area contributed by atoms with Gasteiger partial charge >= 0.3 is 0 Å². The summed E-state index contributed by atoms with van der Waals surface area (Å²) >= 11 is 0. The Bertz CT molecular complexity index is 1060. The molecule has 0 radical (unpaired) electrons. The van der Waals surface area contributed by atoms with Crippen LogP contribution in [0.4, 0.5) is 5.82 Å². The third-order valence-corrected chi connectivity index (χ3v) is 5.06. The fourth-order valence-electron chi connectivity index (χ4n) is 3.47. The van der Waals surface area contributed by atoms with Crippen LogP contribution in [0.2, 0.25) is 0 Å². The molecule has 0 atom stereocenters. The van der Waals surface area contributed by atoms with Crippen LogP contribution < -0.4 is 4.90 Å². The molecule has 1 aliphatic heterocycles. The van der Waals surface area contributed by atoms with Crippen LogP contribution in [0, 0.1) is 0 Å². The van der Waals surface area contributed by atoms with Crippen molar-refractivity contribution in [3.63, 3.8) is 0 Å². The molecule has 0 bridgehead atoms.